The highest BCUT2D eigenvalue weighted by molar-refractivity contribution is 5.96. The van der Waals surface area contributed by atoms with Gasteiger partial charge in [-0.25, -0.2) is 0 Å². The van der Waals surface area contributed by atoms with E-state index >= 15 is 0 Å². The smallest absolute Gasteiger partial charge is 0.252 e. The molecule has 0 fully saturated rings. The van der Waals surface area contributed by atoms with E-state index in [0.717, 1.165) is 30.0 Å². The van der Waals surface area contributed by atoms with Gasteiger partial charge in [0.2, 0.25) is 0 Å². The van der Waals surface area contributed by atoms with Crippen molar-refractivity contribution in [3.8, 4) is 0 Å². The average molecular weight is 314 g/mol. The van der Waals surface area contributed by atoms with Crippen LogP contribution in [0.5, 0.6) is 0 Å². The second kappa shape index (κ2) is 6.42. The molecule has 6 nitrogen and oxygen atoms in total. The molecule has 1 aromatic heterocycles. The van der Waals surface area contributed by atoms with Gasteiger partial charge in [-0.05, 0) is 43.2 Å². The van der Waals surface area contributed by atoms with Crippen molar-refractivity contribution < 1.29 is 9.53 Å². The first-order chi connectivity index (χ1) is 11.1. The number of amides is 1. The molecule has 1 aliphatic rings. The summed E-state index contributed by atoms with van der Waals surface area (Å²) in [6.07, 6.45) is 2.81. The molecule has 0 bridgehead atoms. The molecule has 0 saturated heterocycles. The van der Waals surface area contributed by atoms with Crippen LogP contribution in [0.15, 0.2) is 30.5 Å². The van der Waals surface area contributed by atoms with Crippen LogP contribution >= 0.6 is 0 Å². The lowest BCUT2D eigenvalue weighted by Gasteiger charge is -2.18. The Bertz CT molecular complexity index is 710. The summed E-state index contributed by atoms with van der Waals surface area (Å²) in [5, 5.41) is 7.89. The molecule has 1 atom stereocenters. The van der Waals surface area contributed by atoms with Gasteiger partial charge in [0.1, 0.15) is 6.61 Å². The van der Waals surface area contributed by atoms with Crippen molar-refractivity contribution in [2.45, 2.75) is 19.4 Å². The lowest BCUT2D eigenvalue weighted by atomic mass is 10.1. The van der Waals surface area contributed by atoms with Gasteiger partial charge in [-0.15, -0.1) is 0 Å². The summed E-state index contributed by atoms with van der Waals surface area (Å²) in [7, 11) is 3.46. The van der Waals surface area contributed by atoms with E-state index in [1.54, 1.807) is 16.7 Å². The summed E-state index contributed by atoms with van der Waals surface area (Å²) < 4.78 is 6.75. The summed E-state index contributed by atoms with van der Waals surface area (Å²) >= 11 is 0. The molecule has 2 aromatic rings. The Morgan fingerprint density at radius 2 is 2.26 bits per heavy atom. The fourth-order valence-corrected chi connectivity index (χ4v) is 2.94. The van der Waals surface area contributed by atoms with E-state index in [2.05, 4.69) is 23.4 Å². The van der Waals surface area contributed by atoms with Crippen molar-refractivity contribution in [1.29, 1.82) is 0 Å². The van der Waals surface area contributed by atoms with Crippen molar-refractivity contribution in [1.82, 2.24) is 9.78 Å². The Hall–Kier alpha value is -2.34. The first-order valence-electron chi connectivity index (χ1n) is 7.77. The molecule has 0 saturated carbocycles. The molecule has 0 radical (unpaired) electrons. The van der Waals surface area contributed by atoms with Crippen LogP contribution < -0.4 is 10.2 Å². The highest BCUT2D eigenvalue weighted by Gasteiger charge is 2.24. The maximum absolute atomic E-state index is 12.0. The summed E-state index contributed by atoms with van der Waals surface area (Å²) in [4.78, 5) is 13.8. The molecule has 1 aliphatic heterocycles. The number of fused-ring (bicyclic) bond motifs is 1. The fraction of sp³-hybridized carbons (Fsp3) is 0.412. The van der Waals surface area contributed by atoms with E-state index in [4.69, 9.17) is 4.74 Å². The molecular formula is C17H22N4O2. The highest BCUT2D eigenvalue weighted by Crippen LogP contribution is 2.31. The van der Waals surface area contributed by atoms with Crippen LogP contribution in [0.2, 0.25) is 0 Å². The van der Waals surface area contributed by atoms with Gasteiger partial charge in [-0.1, -0.05) is 0 Å². The van der Waals surface area contributed by atoms with E-state index in [0.29, 0.717) is 0 Å². The van der Waals surface area contributed by atoms with Gasteiger partial charge in [0.05, 0.1) is 11.7 Å². The molecule has 122 valence electrons. The number of aromatic nitrogens is 2. The number of carbonyl (C=O) groups excluding carboxylic acids is 1. The number of methoxy groups -OCH3 is 1. The van der Waals surface area contributed by atoms with Crippen LogP contribution in [-0.4, -0.2) is 35.9 Å². The first kappa shape index (κ1) is 15.6. The quantitative estimate of drug-likeness (QED) is 0.918. The van der Waals surface area contributed by atoms with Crippen LogP contribution in [0.4, 0.5) is 11.4 Å². The third kappa shape index (κ3) is 3.22. The number of hydrogen-bond donors (Lipinski definition) is 1. The molecule has 2 heterocycles. The maximum atomic E-state index is 12.0. The summed E-state index contributed by atoms with van der Waals surface area (Å²) in [6.45, 7) is 2.93. The molecule has 0 spiro atoms. The molecule has 1 aromatic carbocycles. The van der Waals surface area contributed by atoms with Gasteiger partial charge >= 0.3 is 0 Å². The van der Waals surface area contributed by atoms with Crippen molar-refractivity contribution in [3.05, 3.63) is 41.7 Å². The topological polar surface area (TPSA) is 59.4 Å². The van der Waals surface area contributed by atoms with Gasteiger partial charge in [0, 0.05) is 38.3 Å². The Morgan fingerprint density at radius 3 is 2.96 bits per heavy atom. The maximum Gasteiger partial charge on any atom is 0.252 e. The van der Waals surface area contributed by atoms with Crippen LogP contribution in [-0.2, 0) is 23.0 Å². The Balaban J connectivity index is 1.73. The van der Waals surface area contributed by atoms with E-state index in [9.17, 15) is 4.79 Å². The van der Waals surface area contributed by atoms with E-state index < -0.39 is 0 Å². The predicted octanol–water partition coefficient (Wildman–Crippen LogP) is 2.13. The molecule has 6 heteroatoms. The number of hydrogen-bond acceptors (Lipinski definition) is 4. The minimum atomic E-state index is 0.00816. The summed E-state index contributed by atoms with van der Waals surface area (Å²) in [6, 6.07) is 8.27. The standard InChI is InChI=1S/C17H22N4O2/c1-12(15-7-8-20(2)19-15)18-14-4-5-16-13(10-14)6-9-21(16)17(22)11-23-3/h4-5,7-8,10,12,18H,6,9,11H2,1-3H3. The SMILES string of the molecule is COCC(=O)N1CCc2cc(NC(C)c3ccn(C)n3)ccc21. The number of aryl methyl sites for hydroxylation is 1. The number of nitrogens with zero attached hydrogens (tertiary/aromatic N) is 3. The van der Waals surface area contributed by atoms with E-state index in [-0.39, 0.29) is 18.6 Å². The monoisotopic (exact) mass is 314 g/mol. The normalized spacial score (nSPS) is 14.7. The molecule has 1 N–H and O–H groups in total. The average Bonchev–Trinajstić information content (AvgIpc) is 3.13. The van der Waals surface area contributed by atoms with Gasteiger partial charge in [-0.2, -0.15) is 5.10 Å². The van der Waals surface area contributed by atoms with Crippen molar-refractivity contribution in [2.24, 2.45) is 7.05 Å². The zero-order chi connectivity index (χ0) is 16.4. The van der Waals surface area contributed by atoms with Gasteiger partial charge in [-0.3, -0.25) is 9.48 Å². The fourth-order valence-electron chi connectivity index (χ4n) is 2.94. The number of anilines is 2. The third-order valence-corrected chi connectivity index (χ3v) is 4.10. The number of rotatable bonds is 5. The van der Waals surface area contributed by atoms with Crippen molar-refractivity contribution in [2.75, 3.05) is 30.5 Å². The van der Waals surface area contributed by atoms with Crippen LogP contribution in [0.25, 0.3) is 0 Å². The first-order valence-corrected chi connectivity index (χ1v) is 7.77. The lowest BCUT2D eigenvalue weighted by Crippen LogP contribution is -2.31. The number of carbonyl (C=O) groups is 1. The van der Waals surface area contributed by atoms with E-state index in [1.165, 1.54) is 5.56 Å². The van der Waals surface area contributed by atoms with Crippen LogP contribution in [0.3, 0.4) is 0 Å². The number of ether oxygens (including phenoxy) is 1. The Morgan fingerprint density at radius 1 is 1.43 bits per heavy atom. The zero-order valence-electron chi connectivity index (χ0n) is 13.7. The molecule has 3 rings (SSSR count). The van der Waals surface area contributed by atoms with Gasteiger partial charge < -0.3 is 15.0 Å². The van der Waals surface area contributed by atoms with Crippen molar-refractivity contribution in [3.63, 3.8) is 0 Å². The highest BCUT2D eigenvalue weighted by atomic mass is 16.5. The zero-order valence-corrected chi connectivity index (χ0v) is 13.7. The van der Waals surface area contributed by atoms with Crippen LogP contribution in [0, 0.1) is 0 Å². The third-order valence-electron chi connectivity index (χ3n) is 4.10. The van der Waals surface area contributed by atoms with E-state index in [1.807, 2.05) is 31.4 Å². The summed E-state index contributed by atoms with van der Waals surface area (Å²) in [5.41, 5.74) is 4.23. The Kier molecular flexibility index (Phi) is 4.34. The van der Waals surface area contributed by atoms with Crippen molar-refractivity contribution >= 4 is 17.3 Å². The molecule has 1 unspecified atom stereocenters. The van der Waals surface area contributed by atoms with Gasteiger partial charge in [0.15, 0.2) is 0 Å². The van der Waals surface area contributed by atoms with Crippen LogP contribution in [0.1, 0.15) is 24.2 Å². The minimum absolute atomic E-state index is 0.00816. The van der Waals surface area contributed by atoms with Gasteiger partial charge in [0.25, 0.3) is 5.91 Å². The Labute approximate surface area is 136 Å². The number of benzene rings is 1. The molecule has 23 heavy (non-hydrogen) atoms. The molecular weight excluding hydrogens is 292 g/mol. The molecule has 0 aliphatic carbocycles. The second-order valence-electron chi connectivity index (χ2n) is 5.85. The lowest BCUT2D eigenvalue weighted by molar-refractivity contribution is -0.122. The second-order valence-corrected chi connectivity index (χ2v) is 5.85. The summed E-state index contributed by atoms with van der Waals surface area (Å²) in [5.74, 6) is 0.00816. The largest absolute Gasteiger partial charge is 0.377 e. The minimum Gasteiger partial charge on any atom is -0.377 e. The molecule has 1 amide bonds. The predicted molar refractivity (Wildman–Crippen MR) is 89.6 cm³/mol. The number of nitrogens with one attached hydrogen (secondary N) is 1.